The van der Waals surface area contributed by atoms with Gasteiger partial charge in [0.2, 0.25) is 0 Å². The molecule has 0 unspecified atom stereocenters. The molecular weight excluding hydrogens is 391 g/mol. The van der Waals surface area contributed by atoms with E-state index >= 15 is 0 Å². The van der Waals surface area contributed by atoms with Crippen molar-refractivity contribution in [3.8, 4) is 5.69 Å². The molecule has 1 N–H and O–H groups in total. The summed E-state index contributed by atoms with van der Waals surface area (Å²) >= 11 is 6.22. The van der Waals surface area contributed by atoms with Gasteiger partial charge in [0.15, 0.2) is 23.3 Å². The monoisotopic (exact) mass is 400 g/mol. The summed E-state index contributed by atoms with van der Waals surface area (Å²) in [6.45, 7) is 1.59. The number of nitrogens with one attached hydrogen (secondary N) is 1. The van der Waals surface area contributed by atoms with Crippen molar-refractivity contribution in [1.29, 1.82) is 0 Å². The van der Waals surface area contributed by atoms with Gasteiger partial charge in [0, 0.05) is 6.07 Å². The van der Waals surface area contributed by atoms with Crippen LogP contribution in [0.1, 0.15) is 11.3 Å². The Morgan fingerprint density at radius 3 is 2.22 bits per heavy atom. The number of hydrogen-bond acceptors (Lipinski definition) is 3. The van der Waals surface area contributed by atoms with Gasteiger partial charge in [-0.1, -0.05) is 11.6 Å². The van der Waals surface area contributed by atoms with Gasteiger partial charge < -0.3 is 0 Å². The maximum atomic E-state index is 13.6. The highest BCUT2D eigenvalue weighted by molar-refractivity contribution is 6.32. The van der Waals surface area contributed by atoms with E-state index < -0.39 is 34.8 Å². The van der Waals surface area contributed by atoms with Crippen molar-refractivity contribution in [2.75, 3.05) is 5.43 Å². The molecule has 0 aliphatic rings. The molecule has 140 valence electrons. The number of anilines is 1. The first-order valence-corrected chi connectivity index (χ1v) is 7.80. The fourth-order valence-electron chi connectivity index (χ4n) is 2.24. The topological polar surface area (TPSA) is 42.2 Å². The minimum Gasteiger partial charge on any atom is -0.272 e. The average molecular weight is 401 g/mol. The van der Waals surface area contributed by atoms with E-state index in [0.717, 1.165) is 6.21 Å². The maximum Gasteiger partial charge on any atom is 0.186 e. The van der Waals surface area contributed by atoms with Crippen molar-refractivity contribution >= 4 is 23.5 Å². The first-order chi connectivity index (χ1) is 12.8. The number of rotatable bonds is 4. The van der Waals surface area contributed by atoms with Crippen molar-refractivity contribution < 1.29 is 22.0 Å². The quantitative estimate of drug-likeness (QED) is 0.290. The third-order valence-electron chi connectivity index (χ3n) is 3.60. The van der Waals surface area contributed by atoms with Gasteiger partial charge in [-0.2, -0.15) is 10.2 Å². The minimum absolute atomic E-state index is 0.0906. The predicted octanol–water partition coefficient (Wildman–Crippen LogP) is 4.98. The second-order valence-corrected chi connectivity index (χ2v) is 5.75. The molecule has 3 aromatic rings. The Kier molecular flexibility index (Phi) is 5.13. The lowest BCUT2D eigenvalue weighted by Gasteiger charge is -2.05. The van der Waals surface area contributed by atoms with Crippen LogP contribution in [0.5, 0.6) is 0 Å². The number of benzene rings is 2. The molecule has 0 radical (unpaired) electrons. The predicted molar refractivity (Wildman–Crippen MR) is 90.8 cm³/mol. The van der Waals surface area contributed by atoms with Gasteiger partial charge in [0.05, 0.1) is 23.2 Å². The summed E-state index contributed by atoms with van der Waals surface area (Å²) in [7, 11) is 0. The van der Waals surface area contributed by atoms with E-state index in [0.29, 0.717) is 11.4 Å². The van der Waals surface area contributed by atoms with Gasteiger partial charge >= 0.3 is 0 Å². The Morgan fingerprint density at radius 2 is 1.63 bits per heavy atom. The minimum atomic E-state index is -1.61. The van der Waals surface area contributed by atoms with Crippen LogP contribution >= 0.6 is 11.6 Å². The lowest BCUT2D eigenvalue weighted by molar-refractivity contribution is 0.458. The molecule has 10 heteroatoms. The molecule has 0 aliphatic carbocycles. The Balaban J connectivity index is 1.90. The molecule has 0 amide bonds. The smallest absolute Gasteiger partial charge is 0.186 e. The van der Waals surface area contributed by atoms with Gasteiger partial charge in [-0.15, -0.1) is 0 Å². The van der Waals surface area contributed by atoms with Crippen LogP contribution in [0.3, 0.4) is 0 Å². The Hall–Kier alpha value is -2.94. The van der Waals surface area contributed by atoms with Crippen molar-refractivity contribution in [2.45, 2.75) is 6.92 Å². The zero-order valence-electron chi connectivity index (χ0n) is 13.6. The highest BCUT2D eigenvalue weighted by Gasteiger charge is 2.19. The van der Waals surface area contributed by atoms with Crippen LogP contribution in [-0.4, -0.2) is 16.0 Å². The number of aryl methyl sites for hydroxylation is 1. The normalized spacial score (nSPS) is 11.4. The van der Waals surface area contributed by atoms with E-state index in [1.165, 1.54) is 28.9 Å². The summed E-state index contributed by atoms with van der Waals surface area (Å²) in [5.41, 5.74) is 2.00. The second kappa shape index (κ2) is 7.36. The summed E-state index contributed by atoms with van der Waals surface area (Å²) in [6, 6.07) is 5.44. The molecular formula is C17H10ClF5N4. The summed E-state index contributed by atoms with van der Waals surface area (Å²) in [4.78, 5) is 0. The first-order valence-electron chi connectivity index (χ1n) is 7.42. The fourth-order valence-corrected chi connectivity index (χ4v) is 2.56. The van der Waals surface area contributed by atoms with Crippen molar-refractivity contribution in [1.82, 2.24) is 9.78 Å². The third kappa shape index (κ3) is 3.63. The van der Waals surface area contributed by atoms with Crippen molar-refractivity contribution in [3.05, 3.63) is 75.8 Å². The maximum absolute atomic E-state index is 13.6. The molecule has 0 spiro atoms. The lowest BCUT2D eigenvalue weighted by Crippen LogP contribution is -2.03. The van der Waals surface area contributed by atoms with Gasteiger partial charge in [0.25, 0.3) is 0 Å². The molecule has 3 rings (SSSR count). The Bertz CT molecular complexity index is 1000. The third-order valence-corrected chi connectivity index (χ3v) is 3.96. The van der Waals surface area contributed by atoms with Crippen molar-refractivity contribution in [2.24, 2.45) is 5.10 Å². The van der Waals surface area contributed by atoms with Crippen LogP contribution in [0.15, 0.2) is 35.4 Å². The first kappa shape index (κ1) is 18.8. The van der Waals surface area contributed by atoms with Crippen LogP contribution in [0, 0.1) is 36.0 Å². The number of nitrogens with zero attached hydrogens (tertiary/aromatic N) is 3. The lowest BCUT2D eigenvalue weighted by atomic mass is 10.2. The van der Waals surface area contributed by atoms with E-state index in [1.54, 1.807) is 6.92 Å². The van der Waals surface area contributed by atoms with Crippen LogP contribution in [-0.2, 0) is 0 Å². The average Bonchev–Trinajstić information content (AvgIpc) is 2.91. The van der Waals surface area contributed by atoms with Crippen LogP contribution in [0.4, 0.5) is 27.6 Å². The molecule has 2 aromatic carbocycles. The van der Waals surface area contributed by atoms with Gasteiger partial charge in [-0.25, -0.2) is 26.6 Å². The van der Waals surface area contributed by atoms with Crippen LogP contribution in [0.25, 0.3) is 5.69 Å². The van der Waals surface area contributed by atoms with E-state index in [4.69, 9.17) is 11.6 Å². The largest absolute Gasteiger partial charge is 0.272 e. The summed E-state index contributed by atoms with van der Waals surface area (Å²) in [5.74, 6) is -6.79. The molecule has 0 bridgehead atoms. The summed E-state index contributed by atoms with van der Waals surface area (Å²) < 4.78 is 67.9. The molecule has 0 saturated heterocycles. The highest BCUT2D eigenvalue weighted by Crippen LogP contribution is 2.25. The second-order valence-electron chi connectivity index (χ2n) is 5.39. The van der Waals surface area contributed by atoms with Gasteiger partial charge in [-0.3, -0.25) is 5.43 Å². The van der Waals surface area contributed by atoms with Crippen molar-refractivity contribution in [3.63, 3.8) is 0 Å². The number of hydrazone groups is 1. The molecule has 27 heavy (non-hydrogen) atoms. The molecule has 0 saturated carbocycles. The molecule has 0 atom stereocenters. The van der Waals surface area contributed by atoms with Gasteiger partial charge in [-0.05, 0) is 31.2 Å². The molecule has 0 fully saturated rings. The number of hydrogen-bond donors (Lipinski definition) is 1. The standard InChI is InChI=1S/C17H10ClF5N4/c1-8-11(17(18)27(26-8)10-4-2-9(19)3-5-10)7-24-25-16-14(22)12(20)6-13(21)15(16)23/h2-7,25H,1H3/b24-7-. The zero-order chi connectivity index (χ0) is 19.7. The molecule has 1 heterocycles. The van der Waals surface area contributed by atoms with Crippen LogP contribution in [0.2, 0.25) is 5.15 Å². The van der Waals surface area contributed by atoms with E-state index in [9.17, 15) is 22.0 Å². The highest BCUT2D eigenvalue weighted by atomic mass is 35.5. The van der Waals surface area contributed by atoms with E-state index in [-0.39, 0.29) is 16.8 Å². The molecule has 4 nitrogen and oxygen atoms in total. The summed E-state index contributed by atoms with van der Waals surface area (Å²) in [6.07, 6.45) is 1.09. The Morgan fingerprint density at radius 1 is 1.04 bits per heavy atom. The van der Waals surface area contributed by atoms with Gasteiger partial charge in [0.1, 0.15) is 16.7 Å². The molecule has 0 aliphatic heterocycles. The SMILES string of the molecule is Cc1nn(-c2ccc(F)cc2)c(Cl)c1/C=N\Nc1c(F)c(F)cc(F)c1F. The van der Waals surface area contributed by atoms with E-state index in [1.807, 2.05) is 5.43 Å². The fraction of sp³-hybridized carbons (Fsp3) is 0.0588. The number of halogens is 6. The molecule has 1 aromatic heterocycles. The number of aromatic nitrogens is 2. The van der Waals surface area contributed by atoms with E-state index in [2.05, 4.69) is 10.2 Å². The summed E-state index contributed by atoms with van der Waals surface area (Å²) in [5, 5.41) is 7.84. The zero-order valence-corrected chi connectivity index (χ0v) is 14.3. The van der Waals surface area contributed by atoms with Crippen LogP contribution < -0.4 is 5.43 Å². The Labute approximate surface area is 154 Å².